The van der Waals surface area contributed by atoms with Gasteiger partial charge in [-0.2, -0.15) is 0 Å². The molecule has 2 heterocycles. The van der Waals surface area contributed by atoms with Crippen molar-refractivity contribution in [1.82, 2.24) is 10.3 Å². The Morgan fingerprint density at radius 3 is 2.79 bits per heavy atom. The van der Waals surface area contributed by atoms with Crippen LogP contribution in [0.1, 0.15) is 11.3 Å². The fourth-order valence-electron chi connectivity index (χ4n) is 2.29. The first-order chi connectivity index (χ1) is 11.3. The molecule has 2 aromatic rings. The molecule has 24 heavy (non-hydrogen) atoms. The second kappa shape index (κ2) is 9.31. The highest BCUT2D eigenvalue weighted by Gasteiger charge is 2.11. The molecule has 1 aromatic carbocycles. The van der Waals surface area contributed by atoms with E-state index in [1.807, 2.05) is 36.4 Å². The van der Waals surface area contributed by atoms with Crippen molar-refractivity contribution in [1.29, 1.82) is 0 Å². The van der Waals surface area contributed by atoms with Crippen molar-refractivity contribution >= 4 is 29.9 Å². The van der Waals surface area contributed by atoms with E-state index in [0.29, 0.717) is 32.3 Å². The summed E-state index contributed by atoms with van der Waals surface area (Å²) in [6, 6.07) is 11.7. The molecule has 0 saturated carbocycles. The molecule has 1 aliphatic heterocycles. The van der Waals surface area contributed by atoms with Gasteiger partial charge in [-0.25, -0.2) is 4.99 Å². The molecule has 0 fully saturated rings. The molecule has 0 saturated heterocycles. The van der Waals surface area contributed by atoms with Crippen LogP contribution in [0, 0.1) is 0 Å². The van der Waals surface area contributed by atoms with Crippen LogP contribution in [0.4, 0.5) is 0 Å². The standard InChI is InChI=1S/C17H20N4O2.HI/c18-17(21-12-14-3-1-2-7-19-14)20-8-6-13-4-5-15-16(11-13)23-10-9-22-15;/h1-5,7,11H,6,8-10,12H2,(H3,18,20,21);1H. The van der Waals surface area contributed by atoms with Gasteiger partial charge in [0, 0.05) is 12.7 Å². The molecule has 3 rings (SSSR count). The summed E-state index contributed by atoms with van der Waals surface area (Å²) >= 11 is 0. The monoisotopic (exact) mass is 440 g/mol. The van der Waals surface area contributed by atoms with Crippen molar-refractivity contribution in [2.24, 2.45) is 10.7 Å². The number of fused-ring (bicyclic) bond motifs is 1. The van der Waals surface area contributed by atoms with E-state index in [1.165, 1.54) is 5.56 Å². The number of nitrogens with two attached hydrogens (primary N) is 1. The van der Waals surface area contributed by atoms with Gasteiger partial charge in [0.05, 0.1) is 12.2 Å². The molecule has 1 aliphatic rings. The van der Waals surface area contributed by atoms with Crippen LogP contribution < -0.4 is 20.5 Å². The molecule has 3 N–H and O–H groups in total. The van der Waals surface area contributed by atoms with Crippen molar-refractivity contribution in [3.05, 3.63) is 53.9 Å². The van der Waals surface area contributed by atoms with Gasteiger partial charge in [-0.1, -0.05) is 12.1 Å². The second-order valence-corrected chi connectivity index (χ2v) is 5.18. The van der Waals surface area contributed by atoms with Crippen molar-refractivity contribution in [2.45, 2.75) is 13.0 Å². The third-order valence-corrected chi connectivity index (χ3v) is 3.46. The largest absolute Gasteiger partial charge is 0.486 e. The van der Waals surface area contributed by atoms with Crippen molar-refractivity contribution in [3.8, 4) is 11.5 Å². The van der Waals surface area contributed by atoms with Crippen LogP contribution in [0.25, 0.3) is 0 Å². The van der Waals surface area contributed by atoms with Gasteiger partial charge in [0.25, 0.3) is 0 Å². The molecule has 0 spiro atoms. The summed E-state index contributed by atoms with van der Waals surface area (Å²) in [4.78, 5) is 8.48. The smallest absolute Gasteiger partial charge is 0.188 e. The Hall–Kier alpha value is -2.03. The van der Waals surface area contributed by atoms with Gasteiger partial charge in [0.1, 0.15) is 13.2 Å². The third kappa shape index (κ3) is 5.26. The van der Waals surface area contributed by atoms with Gasteiger partial charge < -0.3 is 20.5 Å². The van der Waals surface area contributed by atoms with Gasteiger partial charge in [-0.3, -0.25) is 4.98 Å². The minimum Gasteiger partial charge on any atom is -0.486 e. The minimum absolute atomic E-state index is 0. The molecule has 0 aliphatic carbocycles. The number of rotatable bonds is 5. The number of benzene rings is 1. The maximum Gasteiger partial charge on any atom is 0.188 e. The first kappa shape index (κ1) is 18.3. The zero-order valence-corrected chi connectivity index (χ0v) is 15.6. The van der Waals surface area contributed by atoms with Crippen molar-refractivity contribution < 1.29 is 9.47 Å². The van der Waals surface area contributed by atoms with E-state index >= 15 is 0 Å². The molecular formula is C17H21IN4O2. The number of aromatic nitrogens is 1. The number of nitrogens with one attached hydrogen (secondary N) is 1. The van der Waals surface area contributed by atoms with Crippen LogP contribution in [-0.2, 0) is 13.0 Å². The lowest BCUT2D eigenvalue weighted by Gasteiger charge is -2.18. The first-order valence-electron chi connectivity index (χ1n) is 7.63. The predicted molar refractivity (Wildman–Crippen MR) is 104 cm³/mol. The van der Waals surface area contributed by atoms with Crippen molar-refractivity contribution in [3.63, 3.8) is 0 Å². The van der Waals surface area contributed by atoms with Crippen LogP contribution in [0.5, 0.6) is 11.5 Å². The highest BCUT2D eigenvalue weighted by Crippen LogP contribution is 2.30. The van der Waals surface area contributed by atoms with Gasteiger partial charge in [0.15, 0.2) is 17.5 Å². The van der Waals surface area contributed by atoms with E-state index < -0.39 is 0 Å². The lowest BCUT2D eigenvalue weighted by molar-refractivity contribution is 0.171. The zero-order chi connectivity index (χ0) is 15.9. The number of nitrogens with zero attached hydrogens (tertiary/aromatic N) is 2. The predicted octanol–water partition coefficient (Wildman–Crippen LogP) is 2.12. The molecule has 128 valence electrons. The Bertz CT molecular complexity index is 680. The fourth-order valence-corrected chi connectivity index (χ4v) is 2.29. The van der Waals surface area contributed by atoms with Crippen LogP contribution in [0.3, 0.4) is 0 Å². The second-order valence-electron chi connectivity index (χ2n) is 5.18. The highest BCUT2D eigenvalue weighted by atomic mass is 127. The summed E-state index contributed by atoms with van der Waals surface area (Å²) < 4.78 is 11.1. The Morgan fingerprint density at radius 2 is 2.00 bits per heavy atom. The van der Waals surface area contributed by atoms with Gasteiger partial charge >= 0.3 is 0 Å². The lowest BCUT2D eigenvalue weighted by Crippen LogP contribution is -2.33. The maximum absolute atomic E-state index is 5.86. The van der Waals surface area contributed by atoms with Gasteiger partial charge in [-0.05, 0) is 36.2 Å². The summed E-state index contributed by atoms with van der Waals surface area (Å²) in [5, 5.41) is 3.11. The topological polar surface area (TPSA) is 81.8 Å². The Labute approximate surface area is 158 Å². The van der Waals surface area contributed by atoms with Gasteiger partial charge in [0.2, 0.25) is 0 Å². The Kier molecular flexibility index (Phi) is 7.10. The molecule has 0 amide bonds. The van der Waals surface area contributed by atoms with E-state index in [-0.39, 0.29) is 24.0 Å². The average Bonchev–Trinajstić information content (AvgIpc) is 2.61. The molecule has 6 nitrogen and oxygen atoms in total. The quantitative estimate of drug-likeness (QED) is 0.423. The minimum atomic E-state index is 0. The zero-order valence-electron chi connectivity index (χ0n) is 13.3. The summed E-state index contributed by atoms with van der Waals surface area (Å²) in [6.45, 7) is 2.39. The highest BCUT2D eigenvalue weighted by molar-refractivity contribution is 14.0. The Balaban J connectivity index is 0.00000208. The number of hydrogen-bond acceptors (Lipinski definition) is 4. The molecule has 0 atom stereocenters. The summed E-state index contributed by atoms with van der Waals surface area (Å²) in [6.07, 6.45) is 2.58. The van der Waals surface area contributed by atoms with E-state index in [4.69, 9.17) is 15.2 Å². The van der Waals surface area contributed by atoms with Crippen molar-refractivity contribution in [2.75, 3.05) is 19.8 Å². The first-order valence-corrected chi connectivity index (χ1v) is 7.63. The molecule has 0 radical (unpaired) electrons. The number of aliphatic imine (C=N–C) groups is 1. The molecular weight excluding hydrogens is 419 g/mol. The number of hydrogen-bond donors (Lipinski definition) is 2. The molecule has 0 unspecified atom stereocenters. The number of ether oxygens (including phenoxy) is 2. The van der Waals surface area contributed by atoms with E-state index in [1.54, 1.807) is 6.20 Å². The summed E-state index contributed by atoms with van der Waals surface area (Å²) in [7, 11) is 0. The van der Waals surface area contributed by atoms with E-state index in [9.17, 15) is 0 Å². The normalized spacial score (nSPS) is 13.1. The van der Waals surface area contributed by atoms with Crippen LogP contribution >= 0.6 is 24.0 Å². The summed E-state index contributed by atoms with van der Waals surface area (Å²) in [5.41, 5.74) is 7.92. The van der Waals surface area contributed by atoms with Gasteiger partial charge in [-0.15, -0.1) is 24.0 Å². The third-order valence-electron chi connectivity index (χ3n) is 3.46. The van der Waals surface area contributed by atoms with Crippen LogP contribution in [-0.4, -0.2) is 30.7 Å². The van der Waals surface area contributed by atoms with Crippen LogP contribution in [0.15, 0.2) is 47.6 Å². The summed E-state index contributed by atoms with van der Waals surface area (Å²) in [5.74, 6) is 2.04. The molecule has 0 bridgehead atoms. The number of pyridine rings is 1. The maximum atomic E-state index is 5.86. The fraction of sp³-hybridized carbons (Fsp3) is 0.294. The number of halogens is 1. The lowest BCUT2D eigenvalue weighted by atomic mass is 10.1. The SMILES string of the molecule is I.NC(=NCc1ccccn1)NCCc1ccc2c(c1)OCCO2. The Morgan fingerprint density at radius 1 is 1.17 bits per heavy atom. The van der Waals surface area contributed by atoms with E-state index in [0.717, 1.165) is 23.6 Å². The molecule has 7 heteroatoms. The average molecular weight is 440 g/mol. The van der Waals surface area contributed by atoms with Crippen LogP contribution in [0.2, 0.25) is 0 Å². The molecule has 1 aromatic heterocycles. The van der Waals surface area contributed by atoms with E-state index in [2.05, 4.69) is 15.3 Å². The number of guanidine groups is 1.